The Morgan fingerprint density at radius 3 is 2.77 bits per heavy atom. The Morgan fingerprint density at radius 2 is 2.23 bits per heavy atom. The fourth-order valence-electron chi connectivity index (χ4n) is 1.20. The highest BCUT2D eigenvalue weighted by atomic mass is 79.9. The van der Waals surface area contributed by atoms with Crippen LogP contribution in [0.1, 0.15) is 18.1 Å². The van der Waals surface area contributed by atoms with E-state index in [1.165, 1.54) is 0 Å². The molecule has 1 aromatic carbocycles. The van der Waals surface area contributed by atoms with E-state index in [2.05, 4.69) is 22.0 Å². The van der Waals surface area contributed by atoms with Crippen LogP contribution in [0.15, 0.2) is 22.7 Å². The van der Waals surface area contributed by atoms with Crippen LogP contribution in [0.2, 0.25) is 0 Å². The van der Waals surface area contributed by atoms with E-state index < -0.39 is 0 Å². The van der Waals surface area contributed by atoms with Gasteiger partial charge in [-0.15, -0.1) is 0 Å². The van der Waals surface area contributed by atoms with Crippen LogP contribution in [-0.2, 0) is 6.42 Å². The van der Waals surface area contributed by atoms with E-state index in [0.717, 1.165) is 16.5 Å². The summed E-state index contributed by atoms with van der Waals surface area (Å²) in [4.78, 5) is 0. The summed E-state index contributed by atoms with van der Waals surface area (Å²) in [6.45, 7) is 1.95. The molecule has 2 nitrogen and oxygen atoms in total. The maximum atomic E-state index is 8.72. The van der Waals surface area contributed by atoms with E-state index in [0.29, 0.717) is 5.56 Å². The van der Waals surface area contributed by atoms with Crippen LogP contribution in [0.3, 0.4) is 0 Å². The van der Waals surface area contributed by atoms with Gasteiger partial charge in [-0.3, -0.25) is 0 Å². The number of nitrogens with zero attached hydrogens (tertiary/aromatic N) is 1. The van der Waals surface area contributed by atoms with Gasteiger partial charge in [-0.05, 0) is 37.1 Å². The fourth-order valence-corrected chi connectivity index (χ4v) is 1.75. The van der Waals surface area contributed by atoms with Crippen LogP contribution in [0.5, 0.6) is 0 Å². The predicted octanol–water partition coefficient (Wildman–Crippen LogP) is 2.21. The Bertz CT molecular complexity index is 339. The molecule has 3 heteroatoms. The monoisotopic (exact) mass is 238 g/mol. The Kier molecular flexibility index (Phi) is 3.47. The van der Waals surface area contributed by atoms with Crippen molar-refractivity contribution in [3.8, 4) is 6.07 Å². The zero-order chi connectivity index (χ0) is 9.84. The molecule has 68 valence electrons. The molecular weight excluding hydrogens is 228 g/mol. The van der Waals surface area contributed by atoms with E-state index in [-0.39, 0.29) is 6.04 Å². The van der Waals surface area contributed by atoms with Gasteiger partial charge in [0.25, 0.3) is 0 Å². The van der Waals surface area contributed by atoms with Gasteiger partial charge in [0.05, 0.1) is 11.6 Å². The standard InChI is InChI=1S/C10H11BrN2/c1-7(13)2-8-3-9(6-12)5-10(11)4-8/h3-5,7H,2,13H2,1H3/t7-/m1/s1. The molecule has 0 aliphatic carbocycles. The van der Waals surface area contributed by atoms with Crippen molar-refractivity contribution in [2.45, 2.75) is 19.4 Å². The average Bonchev–Trinajstić information content (AvgIpc) is 2.01. The Balaban J connectivity index is 2.96. The zero-order valence-electron chi connectivity index (χ0n) is 7.42. The molecule has 0 spiro atoms. The van der Waals surface area contributed by atoms with Gasteiger partial charge < -0.3 is 5.73 Å². The van der Waals surface area contributed by atoms with Crippen molar-refractivity contribution in [1.29, 1.82) is 5.26 Å². The lowest BCUT2D eigenvalue weighted by Crippen LogP contribution is -2.17. The first-order valence-corrected chi connectivity index (χ1v) is 4.86. The maximum absolute atomic E-state index is 8.72. The Morgan fingerprint density at radius 1 is 1.54 bits per heavy atom. The van der Waals surface area contributed by atoms with Crippen LogP contribution in [-0.4, -0.2) is 6.04 Å². The Hall–Kier alpha value is -0.850. The van der Waals surface area contributed by atoms with Gasteiger partial charge in [0.2, 0.25) is 0 Å². The van der Waals surface area contributed by atoms with Crippen LogP contribution in [0, 0.1) is 11.3 Å². The fraction of sp³-hybridized carbons (Fsp3) is 0.300. The minimum Gasteiger partial charge on any atom is -0.328 e. The number of hydrogen-bond acceptors (Lipinski definition) is 2. The quantitative estimate of drug-likeness (QED) is 0.860. The summed E-state index contributed by atoms with van der Waals surface area (Å²) in [5.74, 6) is 0. The first-order valence-electron chi connectivity index (χ1n) is 4.07. The molecule has 0 fully saturated rings. The van der Waals surface area contributed by atoms with Gasteiger partial charge in [-0.25, -0.2) is 0 Å². The maximum Gasteiger partial charge on any atom is 0.0992 e. The second kappa shape index (κ2) is 4.40. The largest absolute Gasteiger partial charge is 0.328 e. The predicted molar refractivity (Wildman–Crippen MR) is 56.2 cm³/mol. The van der Waals surface area contributed by atoms with E-state index in [9.17, 15) is 0 Å². The molecule has 0 radical (unpaired) electrons. The number of nitrogens with two attached hydrogens (primary N) is 1. The molecule has 0 aliphatic rings. The molecule has 0 bridgehead atoms. The second-order valence-corrected chi connectivity index (χ2v) is 4.06. The number of hydrogen-bond donors (Lipinski definition) is 1. The molecule has 1 rings (SSSR count). The van der Waals surface area contributed by atoms with Gasteiger partial charge in [-0.2, -0.15) is 5.26 Å². The van der Waals surface area contributed by atoms with E-state index in [4.69, 9.17) is 11.0 Å². The zero-order valence-corrected chi connectivity index (χ0v) is 9.01. The first-order chi connectivity index (χ1) is 6.11. The van der Waals surface area contributed by atoms with E-state index >= 15 is 0 Å². The molecule has 0 aliphatic heterocycles. The summed E-state index contributed by atoms with van der Waals surface area (Å²) in [6.07, 6.45) is 0.800. The third-order valence-corrected chi connectivity index (χ3v) is 2.10. The number of nitriles is 1. The highest BCUT2D eigenvalue weighted by Gasteiger charge is 2.01. The molecule has 0 aromatic heterocycles. The van der Waals surface area contributed by atoms with Crippen molar-refractivity contribution in [1.82, 2.24) is 0 Å². The first kappa shape index (κ1) is 10.2. The summed E-state index contributed by atoms with van der Waals surface area (Å²) in [5, 5.41) is 8.72. The SMILES string of the molecule is C[C@@H](N)Cc1cc(Br)cc(C#N)c1. The van der Waals surface area contributed by atoms with Crippen molar-refractivity contribution in [3.05, 3.63) is 33.8 Å². The van der Waals surface area contributed by atoms with Crippen molar-refractivity contribution < 1.29 is 0 Å². The summed E-state index contributed by atoms with van der Waals surface area (Å²) < 4.78 is 0.933. The lowest BCUT2D eigenvalue weighted by atomic mass is 10.1. The normalized spacial score (nSPS) is 12.2. The molecule has 0 unspecified atom stereocenters. The molecule has 2 N–H and O–H groups in total. The molecule has 13 heavy (non-hydrogen) atoms. The van der Waals surface area contributed by atoms with Gasteiger partial charge in [0.1, 0.15) is 0 Å². The number of rotatable bonds is 2. The molecular formula is C10H11BrN2. The van der Waals surface area contributed by atoms with Crippen molar-refractivity contribution in [2.24, 2.45) is 5.73 Å². The molecule has 0 saturated carbocycles. The van der Waals surface area contributed by atoms with Crippen molar-refractivity contribution in [2.75, 3.05) is 0 Å². The summed E-state index contributed by atoms with van der Waals surface area (Å²) in [6, 6.07) is 7.89. The van der Waals surface area contributed by atoms with E-state index in [1.807, 2.05) is 19.1 Å². The minimum atomic E-state index is 0.126. The molecule has 0 heterocycles. The minimum absolute atomic E-state index is 0.126. The average molecular weight is 239 g/mol. The van der Waals surface area contributed by atoms with Gasteiger partial charge >= 0.3 is 0 Å². The highest BCUT2D eigenvalue weighted by molar-refractivity contribution is 9.10. The highest BCUT2D eigenvalue weighted by Crippen LogP contribution is 2.16. The second-order valence-electron chi connectivity index (χ2n) is 3.14. The van der Waals surface area contributed by atoms with Gasteiger partial charge in [0, 0.05) is 10.5 Å². The number of benzene rings is 1. The van der Waals surface area contributed by atoms with Crippen LogP contribution >= 0.6 is 15.9 Å². The topological polar surface area (TPSA) is 49.8 Å². The van der Waals surface area contributed by atoms with E-state index in [1.54, 1.807) is 6.07 Å². The lowest BCUT2D eigenvalue weighted by Gasteiger charge is -2.05. The summed E-state index contributed by atoms with van der Waals surface area (Å²) in [7, 11) is 0. The smallest absolute Gasteiger partial charge is 0.0992 e. The third-order valence-electron chi connectivity index (χ3n) is 1.64. The number of halogens is 1. The van der Waals surface area contributed by atoms with Crippen LogP contribution in [0.25, 0.3) is 0 Å². The lowest BCUT2D eigenvalue weighted by molar-refractivity contribution is 0.737. The molecule has 1 atom stereocenters. The van der Waals surface area contributed by atoms with Gasteiger partial charge in [0.15, 0.2) is 0 Å². The van der Waals surface area contributed by atoms with Crippen LogP contribution < -0.4 is 5.73 Å². The van der Waals surface area contributed by atoms with Crippen LogP contribution in [0.4, 0.5) is 0 Å². The summed E-state index contributed by atoms with van der Waals surface area (Å²) in [5.41, 5.74) is 7.44. The molecule has 0 amide bonds. The third kappa shape index (κ3) is 3.17. The Labute approximate surface area is 86.5 Å². The van der Waals surface area contributed by atoms with Crippen molar-refractivity contribution in [3.63, 3.8) is 0 Å². The molecule has 1 aromatic rings. The summed E-state index contributed by atoms with van der Waals surface area (Å²) >= 11 is 3.35. The van der Waals surface area contributed by atoms with Gasteiger partial charge in [-0.1, -0.05) is 15.9 Å². The molecule has 0 saturated heterocycles. The van der Waals surface area contributed by atoms with Crippen molar-refractivity contribution >= 4 is 15.9 Å².